The van der Waals surface area contributed by atoms with Crippen molar-refractivity contribution < 1.29 is 0 Å². The van der Waals surface area contributed by atoms with Gasteiger partial charge >= 0.3 is 0 Å². The molecule has 2 aromatic carbocycles. The van der Waals surface area contributed by atoms with Crippen molar-refractivity contribution in [3.05, 3.63) is 71.8 Å². The Bertz CT molecular complexity index is 565. The second-order valence-corrected chi connectivity index (χ2v) is 7.39. The highest BCUT2D eigenvalue weighted by Crippen LogP contribution is 2.40. The minimum Gasteiger partial charge on any atom is -0.298 e. The Hall–Kier alpha value is -1.64. The van der Waals surface area contributed by atoms with Gasteiger partial charge in [-0.05, 0) is 42.5 Å². The third-order valence-electron chi connectivity index (χ3n) is 5.53. The van der Waals surface area contributed by atoms with Crippen molar-refractivity contribution in [2.75, 3.05) is 26.2 Å². The van der Waals surface area contributed by atoms with Gasteiger partial charge in [-0.15, -0.1) is 0 Å². The lowest BCUT2D eigenvalue weighted by atomic mass is 9.86. The second kappa shape index (κ2) is 6.46. The molecule has 23 heavy (non-hydrogen) atoms. The summed E-state index contributed by atoms with van der Waals surface area (Å²) in [6.07, 6.45) is 2.73. The lowest BCUT2D eigenvalue weighted by molar-refractivity contribution is 0.234. The van der Waals surface area contributed by atoms with E-state index in [0.717, 1.165) is 13.1 Å². The molecular formula is C21H26N2. The fourth-order valence-electron chi connectivity index (χ4n) is 4.34. The van der Waals surface area contributed by atoms with E-state index in [1.807, 2.05) is 0 Å². The largest absolute Gasteiger partial charge is 0.298 e. The maximum Gasteiger partial charge on any atom is 0.0233 e. The summed E-state index contributed by atoms with van der Waals surface area (Å²) in [5.41, 5.74) is 3.44. The van der Waals surface area contributed by atoms with Crippen LogP contribution in [0.25, 0.3) is 0 Å². The van der Waals surface area contributed by atoms with E-state index < -0.39 is 0 Å². The van der Waals surface area contributed by atoms with E-state index in [1.54, 1.807) is 0 Å². The highest BCUT2D eigenvalue weighted by Gasteiger charge is 2.43. The third-order valence-corrected chi connectivity index (χ3v) is 5.53. The number of hydrogen-bond acceptors (Lipinski definition) is 2. The van der Waals surface area contributed by atoms with Gasteiger partial charge in [-0.2, -0.15) is 0 Å². The minimum absolute atomic E-state index is 0.545. The first kappa shape index (κ1) is 14.9. The lowest BCUT2D eigenvalue weighted by Gasteiger charge is -2.25. The molecule has 0 N–H and O–H groups in total. The summed E-state index contributed by atoms with van der Waals surface area (Å²) in [6, 6.07) is 21.8. The Morgan fingerprint density at radius 1 is 0.652 bits per heavy atom. The van der Waals surface area contributed by atoms with E-state index in [-0.39, 0.29) is 0 Å². The van der Waals surface area contributed by atoms with Crippen LogP contribution >= 0.6 is 0 Å². The smallest absolute Gasteiger partial charge is 0.0233 e. The quantitative estimate of drug-likeness (QED) is 0.848. The first-order valence-electron chi connectivity index (χ1n) is 8.84. The maximum atomic E-state index is 2.65. The van der Waals surface area contributed by atoms with Crippen LogP contribution in [0.15, 0.2) is 60.7 Å². The molecule has 0 bridgehead atoms. The molecule has 2 nitrogen and oxygen atoms in total. The van der Waals surface area contributed by atoms with Crippen LogP contribution in [0.2, 0.25) is 0 Å². The van der Waals surface area contributed by atoms with Crippen LogP contribution in [0, 0.1) is 5.41 Å². The summed E-state index contributed by atoms with van der Waals surface area (Å²) in [5, 5.41) is 0. The van der Waals surface area contributed by atoms with Gasteiger partial charge in [0, 0.05) is 26.2 Å². The predicted octanol–water partition coefficient (Wildman–Crippen LogP) is 3.78. The maximum absolute atomic E-state index is 2.65. The molecule has 1 spiro atoms. The molecule has 0 aliphatic carbocycles. The Labute approximate surface area is 139 Å². The van der Waals surface area contributed by atoms with E-state index in [2.05, 4.69) is 70.5 Å². The Balaban J connectivity index is 1.34. The van der Waals surface area contributed by atoms with E-state index in [1.165, 1.54) is 50.1 Å². The van der Waals surface area contributed by atoms with Gasteiger partial charge in [0.1, 0.15) is 0 Å². The minimum atomic E-state index is 0.545. The lowest BCUT2D eigenvalue weighted by Crippen LogP contribution is -2.30. The molecule has 2 saturated heterocycles. The fraction of sp³-hybridized carbons (Fsp3) is 0.429. The molecule has 0 aromatic heterocycles. The molecule has 0 radical (unpaired) electrons. The third kappa shape index (κ3) is 3.49. The molecule has 2 heteroatoms. The standard InChI is InChI=1S/C21H26N2/c1-3-7-19(8-4-1)15-22-13-11-21(17-22)12-14-23(18-21)16-20-9-5-2-6-10-20/h1-10H,11-18H2. The van der Waals surface area contributed by atoms with Gasteiger partial charge in [0.15, 0.2) is 0 Å². The van der Waals surface area contributed by atoms with Crippen LogP contribution in [-0.2, 0) is 13.1 Å². The number of benzene rings is 2. The van der Waals surface area contributed by atoms with Gasteiger partial charge in [-0.1, -0.05) is 60.7 Å². The first-order chi connectivity index (χ1) is 11.3. The van der Waals surface area contributed by atoms with Crippen LogP contribution in [-0.4, -0.2) is 36.0 Å². The average molecular weight is 306 g/mol. The zero-order valence-electron chi connectivity index (χ0n) is 13.8. The molecule has 2 aliphatic heterocycles. The topological polar surface area (TPSA) is 6.48 Å². The molecule has 0 saturated carbocycles. The summed E-state index contributed by atoms with van der Waals surface area (Å²) in [4.78, 5) is 5.31. The van der Waals surface area contributed by atoms with Gasteiger partial charge in [0.05, 0.1) is 0 Å². The van der Waals surface area contributed by atoms with Crippen molar-refractivity contribution in [1.82, 2.24) is 9.80 Å². The van der Waals surface area contributed by atoms with Crippen molar-refractivity contribution in [2.45, 2.75) is 25.9 Å². The Kier molecular flexibility index (Phi) is 4.19. The first-order valence-corrected chi connectivity index (χ1v) is 8.84. The second-order valence-electron chi connectivity index (χ2n) is 7.39. The Morgan fingerprint density at radius 2 is 1.09 bits per heavy atom. The zero-order chi connectivity index (χ0) is 15.5. The van der Waals surface area contributed by atoms with Crippen LogP contribution in [0.3, 0.4) is 0 Å². The van der Waals surface area contributed by atoms with Crippen molar-refractivity contribution in [1.29, 1.82) is 0 Å². The molecule has 0 amide bonds. The number of nitrogens with zero attached hydrogens (tertiary/aromatic N) is 2. The molecule has 0 atom stereocenters. The van der Waals surface area contributed by atoms with Gasteiger partial charge in [0.2, 0.25) is 0 Å². The van der Waals surface area contributed by atoms with Crippen LogP contribution < -0.4 is 0 Å². The molecule has 4 rings (SSSR count). The Morgan fingerprint density at radius 3 is 1.52 bits per heavy atom. The molecule has 120 valence electrons. The predicted molar refractivity (Wildman–Crippen MR) is 95.1 cm³/mol. The van der Waals surface area contributed by atoms with Gasteiger partial charge in [-0.25, -0.2) is 0 Å². The fourth-order valence-corrected chi connectivity index (χ4v) is 4.34. The van der Waals surface area contributed by atoms with E-state index in [0.29, 0.717) is 5.41 Å². The molecule has 0 unspecified atom stereocenters. The van der Waals surface area contributed by atoms with Gasteiger partial charge < -0.3 is 0 Å². The molecule has 2 heterocycles. The molecule has 2 fully saturated rings. The van der Waals surface area contributed by atoms with Gasteiger partial charge in [-0.3, -0.25) is 9.80 Å². The van der Waals surface area contributed by atoms with Crippen molar-refractivity contribution in [3.8, 4) is 0 Å². The van der Waals surface area contributed by atoms with Crippen LogP contribution in [0.4, 0.5) is 0 Å². The number of rotatable bonds is 4. The average Bonchev–Trinajstić information content (AvgIpc) is 3.16. The molecule has 2 aromatic rings. The number of likely N-dealkylation sites (tertiary alicyclic amines) is 2. The molecule has 2 aliphatic rings. The van der Waals surface area contributed by atoms with Crippen LogP contribution in [0.1, 0.15) is 24.0 Å². The van der Waals surface area contributed by atoms with E-state index in [9.17, 15) is 0 Å². The van der Waals surface area contributed by atoms with Crippen molar-refractivity contribution >= 4 is 0 Å². The normalized spacial score (nSPS) is 21.2. The summed E-state index contributed by atoms with van der Waals surface area (Å²) in [5.74, 6) is 0. The van der Waals surface area contributed by atoms with E-state index >= 15 is 0 Å². The molecular weight excluding hydrogens is 280 g/mol. The zero-order valence-corrected chi connectivity index (χ0v) is 13.8. The van der Waals surface area contributed by atoms with E-state index in [4.69, 9.17) is 0 Å². The van der Waals surface area contributed by atoms with Crippen molar-refractivity contribution in [2.24, 2.45) is 5.41 Å². The SMILES string of the molecule is c1ccc(CN2CCC3(CCN(Cc4ccccc4)C3)C2)cc1. The highest BCUT2D eigenvalue weighted by molar-refractivity contribution is 5.16. The summed E-state index contributed by atoms with van der Waals surface area (Å²) < 4.78 is 0. The number of hydrogen-bond donors (Lipinski definition) is 0. The summed E-state index contributed by atoms with van der Waals surface area (Å²) in [6.45, 7) is 7.28. The van der Waals surface area contributed by atoms with Gasteiger partial charge in [0.25, 0.3) is 0 Å². The summed E-state index contributed by atoms with van der Waals surface area (Å²) in [7, 11) is 0. The van der Waals surface area contributed by atoms with Crippen LogP contribution in [0.5, 0.6) is 0 Å². The highest BCUT2D eigenvalue weighted by atomic mass is 15.2. The monoisotopic (exact) mass is 306 g/mol. The summed E-state index contributed by atoms with van der Waals surface area (Å²) >= 11 is 0. The van der Waals surface area contributed by atoms with Crippen molar-refractivity contribution in [3.63, 3.8) is 0 Å².